The molecule has 1 aromatic heterocycles. The molecule has 2 aliphatic heterocycles. The first-order valence-corrected chi connectivity index (χ1v) is 8.41. The Hall–Kier alpha value is -2.50. The van der Waals surface area contributed by atoms with Crippen LogP contribution >= 0.6 is 0 Å². The molecule has 0 bridgehead atoms. The highest BCUT2D eigenvalue weighted by atomic mass is 16.5. The first-order chi connectivity index (χ1) is 11.7. The van der Waals surface area contributed by atoms with Crippen LogP contribution in [0.4, 0.5) is 0 Å². The Morgan fingerprint density at radius 3 is 2.83 bits per heavy atom. The average molecular weight is 327 g/mol. The van der Waals surface area contributed by atoms with Crippen LogP contribution in [-0.4, -0.2) is 40.3 Å². The van der Waals surface area contributed by atoms with Gasteiger partial charge in [-0.2, -0.15) is 5.10 Å². The maximum absolute atomic E-state index is 12.8. The Kier molecular flexibility index (Phi) is 3.88. The SMILES string of the molecule is Cn1cc(C(=O)N2CCC[C@H]2c2ccc3c(c2)OCCCO3)cn1. The van der Waals surface area contributed by atoms with Crippen LogP contribution in [0, 0.1) is 0 Å². The van der Waals surface area contributed by atoms with Crippen molar-refractivity contribution in [2.45, 2.75) is 25.3 Å². The minimum atomic E-state index is 0.0395. The van der Waals surface area contributed by atoms with E-state index < -0.39 is 0 Å². The number of benzene rings is 1. The first kappa shape index (κ1) is 15.1. The normalized spacial score (nSPS) is 20.0. The Bertz CT molecular complexity index is 756. The molecule has 0 saturated carbocycles. The van der Waals surface area contributed by atoms with E-state index in [9.17, 15) is 4.79 Å². The molecule has 2 aliphatic rings. The van der Waals surface area contributed by atoms with Gasteiger partial charge in [0, 0.05) is 26.2 Å². The van der Waals surface area contributed by atoms with Gasteiger partial charge >= 0.3 is 0 Å². The van der Waals surface area contributed by atoms with Gasteiger partial charge in [0.2, 0.25) is 0 Å². The predicted molar refractivity (Wildman–Crippen MR) is 88.3 cm³/mol. The third-order valence-electron chi connectivity index (χ3n) is 4.62. The van der Waals surface area contributed by atoms with E-state index in [4.69, 9.17) is 9.47 Å². The van der Waals surface area contributed by atoms with Crippen LogP contribution in [-0.2, 0) is 7.05 Å². The van der Waals surface area contributed by atoms with Crippen molar-refractivity contribution in [1.29, 1.82) is 0 Å². The fraction of sp³-hybridized carbons (Fsp3) is 0.444. The third kappa shape index (κ3) is 2.72. The van der Waals surface area contributed by atoms with E-state index in [2.05, 4.69) is 5.10 Å². The van der Waals surface area contributed by atoms with Crippen LogP contribution in [0.3, 0.4) is 0 Å². The zero-order chi connectivity index (χ0) is 16.5. The van der Waals surface area contributed by atoms with E-state index in [0.717, 1.165) is 42.9 Å². The van der Waals surface area contributed by atoms with Crippen molar-refractivity contribution < 1.29 is 14.3 Å². The smallest absolute Gasteiger partial charge is 0.257 e. The number of hydrogen-bond acceptors (Lipinski definition) is 4. The van der Waals surface area contributed by atoms with Crippen molar-refractivity contribution in [2.24, 2.45) is 7.05 Å². The summed E-state index contributed by atoms with van der Waals surface area (Å²) >= 11 is 0. The molecular weight excluding hydrogens is 306 g/mol. The lowest BCUT2D eigenvalue weighted by molar-refractivity contribution is 0.0735. The number of carbonyl (C=O) groups is 1. The standard InChI is InChI=1S/C18H21N3O3/c1-20-12-14(11-19-20)18(22)21-7-2-4-15(21)13-5-6-16-17(10-13)24-9-3-8-23-16/h5-6,10-12,15H,2-4,7-9H2,1H3/t15-/m0/s1. The number of amides is 1. The quantitative estimate of drug-likeness (QED) is 0.851. The van der Waals surface area contributed by atoms with E-state index in [1.165, 1.54) is 0 Å². The van der Waals surface area contributed by atoms with Gasteiger partial charge < -0.3 is 14.4 Å². The number of nitrogens with zero attached hydrogens (tertiary/aromatic N) is 3. The van der Waals surface area contributed by atoms with Crippen LogP contribution in [0.15, 0.2) is 30.6 Å². The second kappa shape index (κ2) is 6.19. The van der Waals surface area contributed by atoms with Crippen LogP contribution in [0.5, 0.6) is 11.5 Å². The van der Waals surface area contributed by atoms with E-state index in [0.29, 0.717) is 18.8 Å². The fourth-order valence-corrected chi connectivity index (χ4v) is 3.44. The number of ether oxygens (including phenoxy) is 2. The van der Waals surface area contributed by atoms with Crippen molar-refractivity contribution in [3.63, 3.8) is 0 Å². The Morgan fingerprint density at radius 2 is 2.04 bits per heavy atom. The number of rotatable bonds is 2. The monoisotopic (exact) mass is 327 g/mol. The second-order valence-electron chi connectivity index (χ2n) is 6.32. The second-order valence-corrected chi connectivity index (χ2v) is 6.32. The molecule has 1 amide bonds. The lowest BCUT2D eigenvalue weighted by atomic mass is 10.0. The summed E-state index contributed by atoms with van der Waals surface area (Å²) < 4.78 is 13.1. The minimum Gasteiger partial charge on any atom is -0.490 e. The molecule has 4 rings (SSSR count). The Morgan fingerprint density at radius 1 is 1.21 bits per heavy atom. The van der Waals surface area contributed by atoms with Gasteiger partial charge in [0.1, 0.15) is 0 Å². The molecule has 126 valence electrons. The van der Waals surface area contributed by atoms with Crippen LogP contribution < -0.4 is 9.47 Å². The van der Waals surface area contributed by atoms with Crippen LogP contribution in [0.1, 0.15) is 41.2 Å². The topological polar surface area (TPSA) is 56.6 Å². The van der Waals surface area contributed by atoms with E-state index in [-0.39, 0.29) is 11.9 Å². The van der Waals surface area contributed by atoms with Gasteiger partial charge in [-0.3, -0.25) is 9.48 Å². The molecule has 2 aromatic rings. The number of aryl methyl sites for hydroxylation is 1. The third-order valence-corrected chi connectivity index (χ3v) is 4.62. The summed E-state index contributed by atoms with van der Waals surface area (Å²) in [6.45, 7) is 2.12. The predicted octanol–water partition coefficient (Wildman–Crippen LogP) is 2.56. The van der Waals surface area contributed by atoms with Gasteiger partial charge in [-0.1, -0.05) is 6.07 Å². The van der Waals surface area contributed by atoms with Crippen molar-refractivity contribution in [2.75, 3.05) is 19.8 Å². The number of fused-ring (bicyclic) bond motifs is 1. The lowest BCUT2D eigenvalue weighted by Crippen LogP contribution is -2.30. The van der Waals surface area contributed by atoms with Crippen LogP contribution in [0.25, 0.3) is 0 Å². The van der Waals surface area contributed by atoms with Crippen molar-refractivity contribution in [1.82, 2.24) is 14.7 Å². The average Bonchev–Trinajstić information content (AvgIpc) is 3.18. The van der Waals surface area contributed by atoms with Gasteiger partial charge in [0.25, 0.3) is 5.91 Å². The molecule has 0 unspecified atom stereocenters. The molecular formula is C18H21N3O3. The molecule has 6 heteroatoms. The number of aromatic nitrogens is 2. The summed E-state index contributed by atoms with van der Waals surface area (Å²) in [5, 5.41) is 4.11. The molecule has 0 aliphatic carbocycles. The maximum Gasteiger partial charge on any atom is 0.257 e. The largest absolute Gasteiger partial charge is 0.490 e. The van der Waals surface area contributed by atoms with E-state index in [1.54, 1.807) is 17.1 Å². The summed E-state index contributed by atoms with van der Waals surface area (Å²) in [5.74, 6) is 1.61. The molecule has 0 radical (unpaired) electrons. The summed E-state index contributed by atoms with van der Waals surface area (Å²) in [6, 6.07) is 6.11. The van der Waals surface area contributed by atoms with Gasteiger partial charge in [0.15, 0.2) is 11.5 Å². The molecule has 3 heterocycles. The van der Waals surface area contributed by atoms with Gasteiger partial charge in [0.05, 0.1) is 31.0 Å². The van der Waals surface area contributed by atoms with Crippen LogP contribution in [0.2, 0.25) is 0 Å². The molecule has 1 atom stereocenters. The minimum absolute atomic E-state index is 0.0395. The van der Waals surface area contributed by atoms with Gasteiger partial charge in [-0.05, 0) is 30.5 Å². The molecule has 1 aromatic carbocycles. The number of carbonyl (C=O) groups excluding carboxylic acids is 1. The zero-order valence-corrected chi connectivity index (χ0v) is 13.8. The molecule has 0 N–H and O–H groups in total. The van der Waals surface area contributed by atoms with E-state index in [1.807, 2.05) is 30.1 Å². The van der Waals surface area contributed by atoms with Gasteiger partial charge in [-0.15, -0.1) is 0 Å². The fourth-order valence-electron chi connectivity index (χ4n) is 3.44. The van der Waals surface area contributed by atoms with Crippen molar-refractivity contribution >= 4 is 5.91 Å². The Labute approximate surface area is 141 Å². The highest BCUT2D eigenvalue weighted by Crippen LogP contribution is 2.38. The molecule has 0 spiro atoms. The summed E-state index contributed by atoms with van der Waals surface area (Å²) in [7, 11) is 1.82. The highest BCUT2D eigenvalue weighted by Gasteiger charge is 2.31. The summed E-state index contributed by atoms with van der Waals surface area (Å²) in [5.41, 5.74) is 1.74. The maximum atomic E-state index is 12.8. The first-order valence-electron chi connectivity index (χ1n) is 8.41. The summed E-state index contributed by atoms with van der Waals surface area (Å²) in [4.78, 5) is 14.7. The molecule has 24 heavy (non-hydrogen) atoms. The molecule has 1 saturated heterocycles. The van der Waals surface area contributed by atoms with Gasteiger partial charge in [-0.25, -0.2) is 0 Å². The molecule has 1 fully saturated rings. The van der Waals surface area contributed by atoms with E-state index >= 15 is 0 Å². The number of hydrogen-bond donors (Lipinski definition) is 0. The summed E-state index contributed by atoms with van der Waals surface area (Å²) in [6.07, 6.45) is 6.26. The van der Waals surface area contributed by atoms with Crippen molar-refractivity contribution in [3.05, 3.63) is 41.7 Å². The zero-order valence-electron chi connectivity index (χ0n) is 13.8. The Balaban J connectivity index is 1.61. The van der Waals surface area contributed by atoms with Crippen molar-refractivity contribution in [3.8, 4) is 11.5 Å². The number of likely N-dealkylation sites (tertiary alicyclic amines) is 1. The lowest BCUT2D eigenvalue weighted by Gasteiger charge is -2.25. The highest BCUT2D eigenvalue weighted by molar-refractivity contribution is 5.94. The molecule has 6 nitrogen and oxygen atoms in total.